The van der Waals surface area contributed by atoms with Crippen molar-refractivity contribution in [2.75, 3.05) is 6.61 Å². The number of ketones is 1. The molecule has 0 aromatic heterocycles. The molecule has 2 aromatic rings. The third kappa shape index (κ3) is 4.04. The lowest BCUT2D eigenvalue weighted by atomic mass is 9.92. The number of phenols is 3. The Balaban J connectivity index is 1.68. The van der Waals surface area contributed by atoms with Gasteiger partial charge in [0.05, 0.1) is 6.61 Å². The van der Waals surface area contributed by atoms with Crippen LogP contribution in [0.25, 0.3) is 0 Å². The van der Waals surface area contributed by atoms with Gasteiger partial charge in [0.2, 0.25) is 12.1 Å². The summed E-state index contributed by atoms with van der Waals surface area (Å²) in [6.45, 7) is -0.704. The number of aliphatic hydroxyl groups excluding tert-OH is 5. The molecule has 12 heteroatoms. The molecule has 12 nitrogen and oxygen atoms in total. The largest absolute Gasteiger partial charge is 0.508 e. The molecule has 178 valence electrons. The predicted molar refractivity (Wildman–Crippen MR) is 106 cm³/mol. The first kappa shape index (κ1) is 23.0. The summed E-state index contributed by atoms with van der Waals surface area (Å²) in [6.07, 6.45) is -11.1. The van der Waals surface area contributed by atoms with Gasteiger partial charge >= 0.3 is 0 Å². The zero-order valence-electron chi connectivity index (χ0n) is 16.8. The number of benzene rings is 2. The molecule has 0 bridgehead atoms. The number of carbonyl (C=O) groups excluding carboxylic acids is 1. The maximum absolute atomic E-state index is 13.0. The molecule has 33 heavy (non-hydrogen) atoms. The second-order valence-electron chi connectivity index (χ2n) is 7.73. The topological polar surface area (TPSA) is 207 Å². The highest BCUT2D eigenvalue weighted by molar-refractivity contribution is 6.05. The minimum Gasteiger partial charge on any atom is -0.508 e. The summed E-state index contributed by atoms with van der Waals surface area (Å²) in [6, 6.07) is 5.68. The number of ether oxygens (including phenoxy) is 3. The molecule has 1 saturated heterocycles. The third-order valence-corrected chi connectivity index (χ3v) is 5.53. The van der Waals surface area contributed by atoms with Crippen LogP contribution in [0.5, 0.6) is 28.7 Å². The van der Waals surface area contributed by atoms with Gasteiger partial charge in [-0.05, 0) is 17.7 Å². The van der Waals surface area contributed by atoms with Crippen molar-refractivity contribution in [2.45, 2.75) is 42.9 Å². The highest BCUT2D eigenvalue weighted by Crippen LogP contribution is 2.44. The summed E-state index contributed by atoms with van der Waals surface area (Å²) < 4.78 is 16.4. The van der Waals surface area contributed by atoms with E-state index in [1.54, 1.807) is 0 Å². The average molecular weight is 466 g/mol. The molecule has 8 N–H and O–H groups in total. The van der Waals surface area contributed by atoms with Gasteiger partial charge in [0.15, 0.2) is 23.7 Å². The van der Waals surface area contributed by atoms with Crippen LogP contribution in [0, 0.1) is 0 Å². The highest BCUT2D eigenvalue weighted by atomic mass is 16.7. The van der Waals surface area contributed by atoms with Crippen molar-refractivity contribution in [3.63, 3.8) is 0 Å². The number of Topliss-reactive ketones (excluding diaryl/α,β-unsaturated/α-hetero) is 1. The van der Waals surface area contributed by atoms with Crippen molar-refractivity contribution in [1.29, 1.82) is 0 Å². The molecule has 2 aliphatic heterocycles. The Morgan fingerprint density at radius 1 is 0.909 bits per heavy atom. The van der Waals surface area contributed by atoms with E-state index in [1.807, 2.05) is 0 Å². The van der Waals surface area contributed by atoms with Gasteiger partial charge < -0.3 is 55.1 Å². The number of hydrogen-bond donors (Lipinski definition) is 8. The molecule has 0 amide bonds. The monoisotopic (exact) mass is 466 g/mol. The molecule has 7 unspecified atom stereocenters. The molecular formula is C21H22O12. The molecule has 0 spiro atoms. The Labute approximate surface area is 186 Å². The Hall–Kier alpha value is -3.13. The number of hydrogen-bond acceptors (Lipinski definition) is 12. The fourth-order valence-corrected chi connectivity index (χ4v) is 3.75. The summed E-state index contributed by atoms with van der Waals surface area (Å²) in [5.41, 5.74) is -0.131. The SMILES string of the molecule is O=C1c2c(OC3OC(CO)C(O)C(O)C3O)cc(O)cc2OC(c2ccc(O)c(O)c2)C1O. The van der Waals surface area contributed by atoms with E-state index >= 15 is 0 Å². The second-order valence-corrected chi connectivity index (χ2v) is 7.73. The van der Waals surface area contributed by atoms with Crippen LogP contribution in [-0.2, 0) is 4.74 Å². The zero-order chi connectivity index (χ0) is 24.0. The maximum atomic E-state index is 13.0. The first-order valence-corrected chi connectivity index (χ1v) is 9.87. The van der Waals surface area contributed by atoms with Crippen molar-refractivity contribution in [1.82, 2.24) is 0 Å². The molecule has 7 atom stereocenters. The van der Waals surface area contributed by atoms with Gasteiger partial charge in [-0.3, -0.25) is 4.79 Å². The van der Waals surface area contributed by atoms with Gasteiger partial charge in [0.1, 0.15) is 47.2 Å². The Morgan fingerprint density at radius 2 is 1.64 bits per heavy atom. The Morgan fingerprint density at radius 3 is 2.30 bits per heavy atom. The zero-order valence-corrected chi connectivity index (χ0v) is 16.8. The Bertz CT molecular complexity index is 1050. The summed E-state index contributed by atoms with van der Waals surface area (Å²) in [7, 11) is 0. The molecule has 0 radical (unpaired) electrons. The van der Waals surface area contributed by atoms with Gasteiger partial charge in [-0.2, -0.15) is 0 Å². The molecule has 2 aromatic carbocycles. The lowest BCUT2D eigenvalue weighted by molar-refractivity contribution is -0.277. The molecule has 2 aliphatic rings. The summed E-state index contributed by atoms with van der Waals surface area (Å²) in [4.78, 5) is 13.0. The van der Waals surface area contributed by atoms with Gasteiger partial charge in [-0.15, -0.1) is 0 Å². The van der Waals surface area contributed by atoms with Crippen LogP contribution in [0.3, 0.4) is 0 Å². The fourth-order valence-electron chi connectivity index (χ4n) is 3.75. The standard InChI is InChI=1S/C21H22O12/c22-6-13-15(26)17(28)19(30)21(33-13)32-12-5-8(23)4-11-14(12)16(27)18(29)20(31-11)7-1-2-9(24)10(25)3-7/h1-5,13,15,17-26,28-30H,6H2. The van der Waals surface area contributed by atoms with Crippen LogP contribution in [0.1, 0.15) is 22.0 Å². The van der Waals surface area contributed by atoms with Crippen molar-refractivity contribution < 1.29 is 59.9 Å². The number of aromatic hydroxyl groups is 3. The molecule has 4 rings (SSSR count). The first-order valence-electron chi connectivity index (χ1n) is 9.87. The van der Waals surface area contributed by atoms with Gasteiger partial charge in [-0.1, -0.05) is 6.07 Å². The van der Waals surface area contributed by atoms with E-state index in [2.05, 4.69) is 0 Å². The van der Waals surface area contributed by atoms with E-state index in [0.717, 1.165) is 24.3 Å². The second kappa shape index (κ2) is 8.67. The number of fused-ring (bicyclic) bond motifs is 1. The van der Waals surface area contributed by atoms with E-state index in [4.69, 9.17) is 14.2 Å². The predicted octanol–water partition coefficient (Wildman–Crippen LogP) is -1.34. The maximum Gasteiger partial charge on any atom is 0.229 e. The van der Waals surface area contributed by atoms with Crippen LogP contribution in [0.2, 0.25) is 0 Å². The number of carbonyl (C=O) groups is 1. The van der Waals surface area contributed by atoms with Gasteiger partial charge in [-0.25, -0.2) is 0 Å². The van der Waals surface area contributed by atoms with Crippen molar-refractivity contribution in [3.8, 4) is 28.7 Å². The van der Waals surface area contributed by atoms with E-state index in [9.17, 15) is 45.6 Å². The molecular weight excluding hydrogens is 444 g/mol. The van der Waals surface area contributed by atoms with Crippen molar-refractivity contribution >= 4 is 5.78 Å². The van der Waals surface area contributed by atoms with E-state index in [0.29, 0.717) is 0 Å². The summed E-state index contributed by atoms with van der Waals surface area (Å²) >= 11 is 0. The molecule has 2 heterocycles. The number of phenolic OH excluding ortho intramolecular Hbond substituents is 3. The van der Waals surface area contributed by atoms with Gasteiger partial charge in [0, 0.05) is 12.1 Å². The molecule has 1 fully saturated rings. The minimum absolute atomic E-state index is 0.163. The van der Waals surface area contributed by atoms with Crippen LogP contribution in [-0.4, -0.2) is 90.1 Å². The van der Waals surface area contributed by atoms with E-state index in [1.165, 1.54) is 6.07 Å². The van der Waals surface area contributed by atoms with Crippen LogP contribution < -0.4 is 9.47 Å². The number of rotatable bonds is 4. The first-order chi connectivity index (χ1) is 15.6. The van der Waals surface area contributed by atoms with E-state index < -0.39 is 72.6 Å². The quantitative estimate of drug-likeness (QED) is 0.246. The summed E-state index contributed by atoms with van der Waals surface area (Å²) in [5.74, 6) is -2.75. The normalized spacial score (nSPS) is 31.5. The summed E-state index contributed by atoms with van der Waals surface area (Å²) in [5, 5.41) is 79.3. The van der Waals surface area contributed by atoms with Crippen LogP contribution >= 0.6 is 0 Å². The highest BCUT2D eigenvalue weighted by Gasteiger charge is 2.46. The lowest BCUT2D eigenvalue weighted by Crippen LogP contribution is -2.60. The van der Waals surface area contributed by atoms with Gasteiger partial charge in [0.25, 0.3) is 0 Å². The third-order valence-electron chi connectivity index (χ3n) is 5.53. The van der Waals surface area contributed by atoms with Crippen molar-refractivity contribution in [2.24, 2.45) is 0 Å². The number of aliphatic hydroxyl groups is 5. The van der Waals surface area contributed by atoms with Crippen LogP contribution in [0.4, 0.5) is 0 Å². The smallest absolute Gasteiger partial charge is 0.229 e. The van der Waals surface area contributed by atoms with Crippen molar-refractivity contribution in [3.05, 3.63) is 41.5 Å². The lowest BCUT2D eigenvalue weighted by Gasteiger charge is -2.40. The van der Waals surface area contributed by atoms with E-state index in [-0.39, 0.29) is 22.6 Å². The molecule has 0 saturated carbocycles. The fraction of sp³-hybridized carbons (Fsp3) is 0.381. The minimum atomic E-state index is -1.78. The van der Waals surface area contributed by atoms with Crippen LogP contribution in [0.15, 0.2) is 30.3 Å². The average Bonchev–Trinajstić information content (AvgIpc) is 2.78. The molecule has 0 aliphatic carbocycles. The Kier molecular flexibility index (Phi) is 6.05.